The molecule has 1 unspecified atom stereocenters. The second-order valence-electron chi connectivity index (χ2n) is 3.35. The maximum absolute atomic E-state index is 12.6. The van der Waals surface area contributed by atoms with E-state index in [1.54, 1.807) is 13.2 Å². The fourth-order valence-electron chi connectivity index (χ4n) is 1.51. The molecule has 1 atom stereocenters. The molecule has 0 bridgehead atoms. The van der Waals surface area contributed by atoms with Crippen molar-refractivity contribution in [3.63, 3.8) is 0 Å². The van der Waals surface area contributed by atoms with E-state index in [2.05, 4.69) is 21.0 Å². The van der Waals surface area contributed by atoms with Crippen LogP contribution in [0.25, 0.3) is 10.9 Å². The van der Waals surface area contributed by atoms with Gasteiger partial charge >= 0.3 is 0 Å². The third-order valence-corrected chi connectivity index (χ3v) is 2.91. The maximum Gasteiger partial charge on any atom is 0.268 e. The Bertz CT molecular complexity index is 571. The van der Waals surface area contributed by atoms with Crippen molar-refractivity contribution in [2.45, 2.75) is 12.5 Å². The fourth-order valence-corrected chi connectivity index (χ4v) is 1.93. The summed E-state index contributed by atoms with van der Waals surface area (Å²) in [4.78, 5) is 0. The molecule has 2 aromatic rings. The molecule has 0 amide bonds. The van der Waals surface area contributed by atoms with Crippen LogP contribution in [0, 0.1) is 0 Å². The third kappa shape index (κ3) is 1.82. The molecule has 1 aromatic heterocycles. The van der Waals surface area contributed by atoms with E-state index in [4.69, 9.17) is 1.37 Å². The molecule has 6 heteroatoms. The smallest absolute Gasteiger partial charge is 0.268 e. The zero-order valence-corrected chi connectivity index (χ0v) is 9.87. The number of hydrogen-bond acceptors (Lipinski definition) is 2. The number of alkyl halides is 2. The third-order valence-electron chi connectivity index (χ3n) is 2.22. The Morgan fingerprint density at radius 2 is 2.25 bits per heavy atom. The van der Waals surface area contributed by atoms with Crippen LogP contribution in [-0.2, 0) is 7.05 Å². The van der Waals surface area contributed by atoms with Gasteiger partial charge in [-0.25, -0.2) is 8.78 Å². The number of aliphatic hydroxyl groups is 1. The van der Waals surface area contributed by atoms with Gasteiger partial charge in [0.05, 0.1) is 6.89 Å². The van der Waals surface area contributed by atoms with Crippen molar-refractivity contribution in [1.82, 2.24) is 9.78 Å². The molecule has 86 valence electrons. The SMILES string of the molecule is [2H]C(O)(c1ccc(Br)c2cn(C)nc12)C(F)F. The minimum Gasteiger partial charge on any atom is -0.382 e. The van der Waals surface area contributed by atoms with Crippen LogP contribution < -0.4 is 0 Å². The predicted octanol–water partition coefficient (Wildman–Crippen LogP) is 2.63. The number of hydrogen-bond donors (Lipinski definition) is 1. The van der Waals surface area contributed by atoms with Crippen LogP contribution in [0.3, 0.4) is 0 Å². The summed E-state index contributed by atoms with van der Waals surface area (Å²) in [5, 5.41) is 14.1. The summed E-state index contributed by atoms with van der Waals surface area (Å²) in [6.45, 7) is 0. The van der Waals surface area contributed by atoms with Gasteiger partial charge in [-0.15, -0.1) is 0 Å². The summed E-state index contributed by atoms with van der Waals surface area (Å²) >= 11 is 3.26. The van der Waals surface area contributed by atoms with E-state index in [-0.39, 0.29) is 11.1 Å². The standard InChI is InChI=1S/C10H9BrF2N2O/c1-15-4-6-7(11)3-2-5(8(6)14-15)9(16)10(12)13/h2-4,9-10,16H,1H3/i9D. The van der Waals surface area contributed by atoms with Crippen molar-refractivity contribution in [2.24, 2.45) is 7.05 Å². The molecular weight excluding hydrogens is 282 g/mol. The highest BCUT2D eigenvalue weighted by Gasteiger charge is 2.23. The molecule has 0 aliphatic heterocycles. The molecule has 0 fully saturated rings. The number of rotatable bonds is 2. The first-order chi connectivity index (χ1) is 7.84. The molecule has 16 heavy (non-hydrogen) atoms. The van der Waals surface area contributed by atoms with Gasteiger partial charge in [0.25, 0.3) is 6.43 Å². The molecule has 0 radical (unpaired) electrons. The van der Waals surface area contributed by atoms with Crippen LogP contribution in [0.4, 0.5) is 8.78 Å². The number of nitrogens with zero attached hydrogens (tertiary/aromatic N) is 2. The lowest BCUT2D eigenvalue weighted by Gasteiger charge is -2.10. The molecular formula is C10H9BrF2N2O. The van der Waals surface area contributed by atoms with Gasteiger partial charge in [-0.3, -0.25) is 4.68 Å². The largest absolute Gasteiger partial charge is 0.382 e. The molecule has 1 N–H and O–H groups in total. The summed E-state index contributed by atoms with van der Waals surface area (Å²) in [7, 11) is 1.64. The Labute approximate surface area is 100 Å². The summed E-state index contributed by atoms with van der Waals surface area (Å²) < 4.78 is 34.7. The number of benzene rings is 1. The Hall–Kier alpha value is -1.01. The molecule has 0 aliphatic rings. The molecule has 2 rings (SSSR count). The second-order valence-corrected chi connectivity index (χ2v) is 4.20. The van der Waals surface area contributed by atoms with Gasteiger partial charge < -0.3 is 5.11 Å². The van der Waals surface area contributed by atoms with E-state index in [0.29, 0.717) is 9.86 Å². The number of halogens is 3. The van der Waals surface area contributed by atoms with Gasteiger partial charge in [0.15, 0.2) is 0 Å². The first-order valence-electron chi connectivity index (χ1n) is 4.97. The van der Waals surface area contributed by atoms with Crippen molar-refractivity contribution < 1.29 is 15.3 Å². The highest BCUT2D eigenvalue weighted by molar-refractivity contribution is 9.10. The van der Waals surface area contributed by atoms with Gasteiger partial charge in [0, 0.05) is 28.7 Å². The van der Waals surface area contributed by atoms with Crippen molar-refractivity contribution in [3.8, 4) is 0 Å². The highest BCUT2D eigenvalue weighted by atomic mass is 79.9. The Balaban J connectivity index is 2.75. The van der Waals surface area contributed by atoms with Crippen LogP contribution in [0.15, 0.2) is 22.8 Å². The Morgan fingerprint density at radius 3 is 2.88 bits per heavy atom. The van der Waals surface area contributed by atoms with Crippen LogP contribution in [0.5, 0.6) is 0 Å². The van der Waals surface area contributed by atoms with Crippen LogP contribution >= 0.6 is 15.9 Å². The van der Waals surface area contributed by atoms with E-state index in [1.165, 1.54) is 16.8 Å². The van der Waals surface area contributed by atoms with Crippen molar-refractivity contribution in [2.75, 3.05) is 0 Å². The molecule has 0 aliphatic carbocycles. The molecule has 0 saturated heterocycles. The minimum absolute atomic E-state index is 0.194. The highest BCUT2D eigenvalue weighted by Crippen LogP contribution is 2.31. The average Bonchev–Trinajstić information content (AvgIpc) is 2.60. The quantitative estimate of drug-likeness (QED) is 0.924. The van der Waals surface area contributed by atoms with Gasteiger partial charge in [-0.2, -0.15) is 5.10 Å². The summed E-state index contributed by atoms with van der Waals surface area (Å²) in [5.41, 5.74) is -0.00836. The Kier molecular flexibility index (Phi) is 2.61. The van der Waals surface area contributed by atoms with E-state index >= 15 is 0 Å². The lowest BCUT2D eigenvalue weighted by atomic mass is 10.1. The van der Waals surface area contributed by atoms with E-state index < -0.39 is 12.5 Å². The van der Waals surface area contributed by atoms with Crippen molar-refractivity contribution in [1.29, 1.82) is 0 Å². The van der Waals surface area contributed by atoms with Crippen molar-refractivity contribution in [3.05, 3.63) is 28.4 Å². The fraction of sp³-hybridized carbons (Fsp3) is 0.300. The minimum atomic E-state index is -3.20. The van der Waals surface area contributed by atoms with Gasteiger partial charge in [0.2, 0.25) is 0 Å². The number of aromatic nitrogens is 2. The van der Waals surface area contributed by atoms with E-state index in [1.807, 2.05) is 0 Å². The molecule has 1 heterocycles. The first kappa shape index (κ1) is 10.2. The topological polar surface area (TPSA) is 38.0 Å². The summed E-state index contributed by atoms with van der Waals surface area (Å²) in [6.07, 6.45) is -4.52. The van der Waals surface area contributed by atoms with Gasteiger partial charge in [0.1, 0.15) is 6.08 Å². The van der Waals surface area contributed by atoms with Crippen LogP contribution in [-0.4, -0.2) is 21.3 Å². The summed E-state index contributed by atoms with van der Waals surface area (Å²) in [6, 6.07) is 2.79. The zero-order valence-electron chi connectivity index (χ0n) is 9.28. The average molecular weight is 292 g/mol. The monoisotopic (exact) mass is 291 g/mol. The zero-order chi connectivity index (χ0) is 12.8. The molecule has 3 nitrogen and oxygen atoms in total. The van der Waals surface area contributed by atoms with Crippen LogP contribution in [0.1, 0.15) is 13.0 Å². The second kappa shape index (κ2) is 4.10. The Morgan fingerprint density at radius 1 is 1.56 bits per heavy atom. The van der Waals surface area contributed by atoms with Gasteiger partial charge in [-0.05, 0) is 6.07 Å². The van der Waals surface area contributed by atoms with Crippen LogP contribution in [0.2, 0.25) is 0 Å². The lowest BCUT2D eigenvalue weighted by molar-refractivity contribution is -0.00506. The van der Waals surface area contributed by atoms with Crippen molar-refractivity contribution >= 4 is 26.8 Å². The molecule has 0 saturated carbocycles. The summed E-state index contributed by atoms with van der Waals surface area (Å²) in [5.74, 6) is 0. The molecule has 1 aromatic carbocycles. The van der Waals surface area contributed by atoms with E-state index in [0.717, 1.165) is 0 Å². The lowest BCUT2D eigenvalue weighted by Crippen LogP contribution is -2.08. The number of aryl methyl sites for hydroxylation is 1. The maximum atomic E-state index is 12.6. The van der Waals surface area contributed by atoms with Gasteiger partial charge in [-0.1, -0.05) is 22.0 Å². The first-order valence-corrected chi connectivity index (χ1v) is 5.26. The predicted molar refractivity (Wildman–Crippen MR) is 59.4 cm³/mol. The van der Waals surface area contributed by atoms with E-state index in [9.17, 15) is 13.9 Å². The number of fused-ring (bicyclic) bond motifs is 1. The molecule has 0 spiro atoms. The normalized spacial score (nSPS) is 16.5.